The molecule has 0 saturated heterocycles. The van der Waals surface area contributed by atoms with Crippen molar-refractivity contribution in [3.05, 3.63) is 139 Å². The third-order valence-corrected chi connectivity index (χ3v) is 10.6. The summed E-state index contributed by atoms with van der Waals surface area (Å²) >= 11 is 0. The molecule has 8 rings (SSSR count). The molecule has 0 saturated carbocycles. The number of hydrogen-bond donors (Lipinski definition) is 0. The van der Waals surface area contributed by atoms with Gasteiger partial charge in [-0.3, -0.25) is 40.5 Å². The fourth-order valence-electron chi connectivity index (χ4n) is 7.66. The van der Waals surface area contributed by atoms with E-state index in [4.69, 9.17) is 14.3 Å². The topological polar surface area (TPSA) is 316 Å². The van der Waals surface area contributed by atoms with E-state index in [2.05, 4.69) is 10.1 Å². The summed E-state index contributed by atoms with van der Waals surface area (Å²) in [7, 11) is 0.184. The second kappa shape index (κ2) is 14.1. The first kappa shape index (κ1) is 39.4. The van der Waals surface area contributed by atoms with Gasteiger partial charge >= 0.3 is 164 Å². The van der Waals surface area contributed by atoms with Gasteiger partial charge in [-0.1, -0.05) is 12.1 Å². The normalized spacial score (nSPS) is 15.8. The monoisotopic (exact) mass is 831 g/mol. The van der Waals surface area contributed by atoms with Crippen LogP contribution in [0.1, 0.15) is 58.4 Å². The summed E-state index contributed by atoms with van der Waals surface area (Å²) in [6.07, 6.45) is -2.06. The molecule has 4 heterocycles. The Hall–Kier alpha value is -8.44. The Kier molecular flexibility index (Phi) is 9.13. The molecule has 0 fully saturated rings. The van der Waals surface area contributed by atoms with E-state index in [1.54, 1.807) is 6.07 Å². The van der Waals surface area contributed by atoms with E-state index in [1.165, 1.54) is 35.8 Å². The molecule has 1 aliphatic carbocycles. The molecule has 0 radical (unpaired) electrons. The second-order valence-electron chi connectivity index (χ2n) is 13.9. The Morgan fingerprint density at radius 2 is 1.54 bits per heavy atom. The quantitative estimate of drug-likeness (QED) is 0.0759. The summed E-state index contributed by atoms with van der Waals surface area (Å²) in [5, 5.41) is 52.3. The number of cyclic esters (lactones) is 1. The van der Waals surface area contributed by atoms with Crippen LogP contribution in [0.3, 0.4) is 0 Å². The number of oxime groups is 1. The van der Waals surface area contributed by atoms with Crippen LogP contribution in [0.2, 0.25) is 0 Å². The zero-order valence-corrected chi connectivity index (χ0v) is 31.1. The van der Waals surface area contributed by atoms with E-state index >= 15 is 0 Å². The van der Waals surface area contributed by atoms with E-state index in [0.717, 1.165) is 19.1 Å². The first-order valence-corrected chi connectivity index (χ1v) is 17.8. The SMILES string of the molecule is CCC1(OC(=O)[C@H](C)ON=C2c3cc([N+](=O)[O-])cc([N+](=O)[O-])c3-c3c2cc([N+](=O)[O-])cc3[N+](=O)[O-])C(=O)OCc2c1cc1n(c2=O)Cc2cc3cc(C(=O)B=O)ccc3nc2-1. The molecule has 0 spiro atoms. The van der Waals surface area contributed by atoms with Gasteiger partial charge in [-0.25, -0.2) is 9.59 Å². The Morgan fingerprint density at radius 3 is 2.10 bits per heavy atom. The van der Waals surface area contributed by atoms with Gasteiger partial charge in [0, 0.05) is 23.3 Å². The van der Waals surface area contributed by atoms with Crippen LogP contribution in [-0.2, 0) is 47.4 Å². The van der Waals surface area contributed by atoms with Crippen molar-refractivity contribution in [2.24, 2.45) is 5.16 Å². The summed E-state index contributed by atoms with van der Waals surface area (Å²) in [6.45, 7) is 2.13. The number of nitro benzene ring substituents is 4. The first-order valence-electron chi connectivity index (χ1n) is 17.8. The molecule has 24 heteroatoms. The number of nitro groups is 4. The van der Waals surface area contributed by atoms with Crippen LogP contribution in [0.5, 0.6) is 0 Å². The number of pyridine rings is 2. The fraction of sp³-hybridized carbons (Fsp3) is 0.189. The number of fused-ring (bicyclic) bond motifs is 8. The average Bonchev–Trinajstić information content (AvgIpc) is 3.76. The number of aromatic nitrogens is 2. The summed E-state index contributed by atoms with van der Waals surface area (Å²) < 4.78 is 23.6. The minimum absolute atomic E-state index is 0.0195. The molecule has 0 N–H and O–H groups in total. The van der Waals surface area contributed by atoms with Crippen LogP contribution in [0, 0.1) is 40.5 Å². The van der Waals surface area contributed by atoms with Crippen molar-refractivity contribution in [1.29, 1.82) is 0 Å². The number of ether oxygens (including phenoxy) is 2. The molecule has 0 bridgehead atoms. The molecule has 2 aromatic heterocycles. The molecular formula is C37H22BN7O16. The Morgan fingerprint density at radius 1 is 0.918 bits per heavy atom. The molecule has 1 unspecified atom stereocenters. The van der Waals surface area contributed by atoms with Crippen LogP contribution in [-0.4, -0.2) is 65.8 Å². The van der Waals surface area contributed by atoms with E-state index in [0.29, 0.717) is 34.3 Å². The van der Waals surface area contributed by atoms with Gasteiger partial charge in [0.1, 0.15) is 5.71 Å². The fourth-order valence-corrected chi connectivity index (χ4v) is 7.66. The van der Waals surface area contributed by atoms with Crippen molar-refractivity contribution in [3.63, 3.8) is 0 Å². The standard InChI is InChI=1S/C37H22BN7O16/c1-3-37(24-12-28-31-18(13-41(28)34(47)23(24)14-59-36(37)49)7-17-6-16(33(46)38-50)4-5-25(17)39-31)60-35(48)15(2)61-40-32-21-8-19(42(51)52)10-26(44(55)56)29(21)30-22(32)9-20(43(53)54)11-27(30)45(57)58/h4-12,15H,3,13-14H2,1-2H3/t15-,37?/m0/s1. The number of hydrogen-bond acceptors (Lipinski definition) is 18. The van der Waals surface area contributed by atoms with Crippen molar-refractivity contribution in [1.82, 2.24) is 9.55 Å². The van der Waals surface area contributed by atoms with Crippen molar-refractivity contribution in [2.45, 2.75) is 45.1 Å². The van der Waals surface area contributed by atoms with Crippen LogP contribution in [0.4, 0.5) is 22.7 Å². The zero-order valence-electron chi connectivity index (χ0n) is 31.1. The number of esters is 2. The molecule has 2 aliphatic heterocycles. The van der Waals surface area contributed by atoms with E-state index in [1.807, 2.05) is 0 Å². The summed E-state index contributed by atoms with van der Waals surface area (Å²) in [5.41, 5.74) is -8.05. The first-order chi connectivity index (χ1) is 29.0. The number of benzene rings is 3. The molecule has 304 valence electrons. The molecule has 61 heavy (non-hydrogen) atoms. The van der Waals surface area contributed by atoms with Crippen LogP contribution >= 0.6 is 0 Å². The molecule has 2 atom stereocenters. The molecule has 0 amide bonds. The van der Waals surface area contributed by atoms with Crippen LogP contribution < -0.4 is 5.56 Å². The Labute approximate surface area is 338 Å². The second-order valence-corrected chi connectivity index (χ2v) is 13.9. The summed E-state index contributed by atoms with van der Waals surface area (Å²) in [6, 6.07) is 10.3. The molecular weight excluding hydrogens is 809 g/mol. The number of carbonyl (C=O) groups is 3. The number of carbonyl (C=O) groups excluding carboxylic acids is 3. The predicted octanol–water partition coefficient (Wildman–Crippen LogP) is 4.29. The van der Waals surface area contributed by atoms with Crippen LogP contribution in [0.25, 0.3) is 33.4 Å². The van der Waals surface area contributed by atoms with E-state index < -0.39 is 112 Å². The van der Waals surface area contributed by atoms with Crippen LogP contribution in [0.15, 0.2) is 64.5 Å². The van der Waals surface area contributed by atoms with Gasteiger partial charge in [-0.05, 0) is 6.92 Å². The summed E-state index contributed by atoms with van der Waals surface area (Å²) in [5.74, 6) is -2.33. The third kappa shape index (κ3) is 6.06. The number of nitrogens with zero attached hydrogens (tertiary/aromatic N) is 7. The average molecular weight is 831 g/mol. The van der Waals surface area contributed by atoms with E-state index in [9.17, 15) is 64.3 Å². The van der Waals surface area contributed by atoms with Gasteiger partial charge in [-0.15, -0.1) is 0 Å². The van der Waals surface area contributed by atoms with Gasteiger partial charge in [0.25, 0.3) is 22.7 Å². The molecule has 3 aliphatic rings. The summed E-state index contributed by atoms with van der Waals surface area (Å²) in [4.78, 5) is 107. The van der Waals surface area contributed by atoms with Crippen molar-refractivity contribution < 1.29 is 53.1 Å². The van der Waals surface area contributed by atoms with Gasteiger partial charge < -0.3 is 4.84 Å². The van der Waals surface area contributed by atoms with Gasteiger partial charge in [0.15, 0.2) is 0 Å². The van der Waals surface area contributed by atoms with Crippen molar-refractivity contribution in [3.8, 4) is 22.5 Å². The minimum atomic E-state index is -2.25. The maximum atomic E-state index is 14.0. The van der Waals surface area contributed by atoms with Gasteiger partial charge in [0.05, 0.1) is 43.0 Å². The number of rotatable bonds is 11. The molecule has 3 aromatic carbocycles. The Balaban J connectivity index is 1.18. The van der Waals surface area contributed by atoms with Crippen molar-refractivity contribution >= 4 is 64.1 Å². The van der Waals surface area contributed by atoms with Crippen molar-refractivity contribution in [2.75, 3.05) is 0 Å². The maximum absolute atomic E-state index is 14.0. The van der Waals surface area contributed by atoms with Gasteiger partial charge in [-0.2, -0.15) is 0 Å². The third-order valence-electron chi connectivity index (χ3n) is 10.6. The Bertz CT molecular complexity index is 2970. The zero-order chi connectivity index (χ0) is 43.8. The number of non-ortho nitro benzene ring substituents is 2. The predicted molar refractivity (Wildman–Crippen MR) is 204 cm³/mol. The van der Waals surface area contributed by atoms with Gasteiger partial charge in [0.2, 0.25) is 6.10 Å². The molecule has 5 aromatic rings. The molecule has 23 nitrogen and oxygen atoms in total. The van der Waals surface area contributed by atoms with E-state index in [-0.39, 0.29) is 42.5 Å².